The predicted octanol–water partition coefficient (Wildman–Crippen LogP) is 4.14. The number of rotatable bonds is 6. The van der Waals surface area contributed by atoms with Crippen molar-refractivity contribution in [1.82, 2.24) is 0 Å². The summed E-state index contributed by atoms with van der Waals surface area (Å²) in [5, 5.41) is 10.3. The van der Waals surface area contributed by atoms with Crippen LogP contribution < -0.4 is 4.74 Å². The molecule has 1 aromatic carbocycles. The van der Waals surface area contributed by atoms with Crippen molar-refractivity contribution >= 4 is 11.6 Å². The largest absolute Gasteiger partial charge is 0.495 e. The van der Waals surface area contributed by atoms with Gasteiger partial charge in [-0.3, -0.25) is 0 Å². The van der Waals surface area contributed by atoms with Crippen molar-refractivity contribution in [3.05, 3.63) is 28.3 Å². The Balaban J connectivity index is 2.55. The quantitative estimate of drug-likeness (QED) is 0.787. The molecule has 1 rings (SSSR count). The molecule has 18 heavy (non-hydrogen) atoms. The maximum absolute atomic E-state index is 9.64. The molecule has 0 spiro atoms. The maximum Gasteiger partial charge on any atom is 0.137 e. The second-order valence-electron chi connectivity index (χ2n) is 5.43. The lowest BCUT2D eigenvalue weighted by Gasteiger charge is -2.16. The monoisotopic (exact) mass is 270 g/mol. The number of aliphatic hydroxyl groups is 1. The Kier molecular flexibility index (Phi) is 5.48. The fourth-order valence-corrected chi connectivity index (χ4v) is 2.26. The third kappa shape index (κ3) is 4.87. The van der Waals surface area contributed by atoms with Gasteiger partial charge in [-0.25, -0.2) is 0 Å². The molecule has 0 bridgehead atoms. The number of hydrogen-bond donors (Lipinski definition) is 1. The Morgan fingerprint density at radius 2 is 1.94 bits per heavy atom. The normalized spacial score (nSPS) is 11.7. The summed E-state index contributed by atoms with van der Waals surface area (Å²) >= 11 is 6.12. The van der Waals surface area contributed by atoms with Crippen molar-refractivity contribution in [3.63, 3.8) is 0 Å². The van der Waals surface area contributed by atoms with Gasteiger partial charge in [-0.15, -0.1) is 0 Å². The van der Waals surface area contributed by atoms with Crippen LogP contribution >= 0.6 is 11.6 Å². The molecule has 1 aromatic rings. The van der Waals surface area contributed by atoms with Gasteiger partial charge < -0.3 is 9.84 Å². The molecule has 0 aliphatic carbocycles. The van der Waals surface area contributed by atoms with Gasteiger partial charge in [-0.2, -0.15) is 0 Å². The fourth-order valence-electron chi connectivity index (χ4n) is 2.00. The molecule has 0 atom stereocenters. The number of benzene rings is 1. The number of unbranched alkanes of at least 4 members (excludes halogenated alkanes) is 1. The molecule has 0 saturated carbocycles. The molecular weight excluding hydrogens is 248 g/mol. The highest BCUT2D eigenvalue weighted by Gasteiger charge is 2.12. The van der Waals surface area contributed by atoms with E-state index in [1.165, 1.54) is 11.1 Å². The van der Waals surface area contributed by atoms with Crippen molar-refractivity contribution in [2.24, 2.45) is 0 Å². The van der Waals surface area contributed by atoms with Crippen LogP contribution in [-0.4, -0.2) is 17.8 Å². The Bertz CT molecular complexity index is 394. The van der Waals surface area contributed by atoms with Crippen LogP contribution in [0.4, 0.5) is 0 Å². The summed E-state index contributed by atoms with van der Waals surface area (Å²) in [5.41, 5.74) is 1.91. The van der Waals surface area contributed by atoms with Gasteiger partial charge in [0, 0.05) is 0 Å². The van der Waals surface area contributed by atoms with Gasteiger partial charge >= 0.3 is 0 Å². The first-order valence-corrected chi connectivity index (χ1v) is 6.76. The molecule has 1 N–H and O–H groups in total. The molecule has 0 fully saturated rings. The average Bonchev–Trinajstić information content (AvgIpc) is 2.27. The molecule has 0 aliphatic heterocycles. The SMILES string of the molecule is COc1cc(C)c(CCCCC(C)(C)O)cc1Cl. The topological polar surface area (TPSA) is 29.5 Å². The fraction of sp³-hybridized carbons (Fsp3) is 0.600. The lowest BCUT2D eigenvalue weighted by Crippen LogP contribution is -2.17. The smallest absolute Gasteiger partial charge is 0.137 e. The second kappa shape index (κ2) is 6.44. The Hall–Kier alpha value is -0.730. The van der Waals surface area contributed by atoms with Crippen molar-refractivity contribution in [3.8, 4) is 5.75 Å². The van der Waals surface area contributed by atoms with E-state index in [-0.39, 0.29) is 0 Å². The van der Waals surface area contributed by atoms with Crippen molar-refractivity contribution in [1.29, 1.82) is 0 Å². The summed E-state index contributed by atoms with van der Waals surface area (Å²) in [6.07, 6.45) is 3.90. The Morgan fingerprint density at radius 3 is 2.50 bits per heavy atom. The molecule has 0 aliphatic rings. The summed E-state index contributed by atoms with van der Waals surface area (Å²) in [6.45, 7) is 5.77. The van der Waals surface area contributed by atoms with Crippen LogP contribution in [0.15, 0.2) is 12.1 Å². The Morgan fingerprint density at radius 1 is 1.28 bits per heavy atom. The third-order valence-corrected chi connectivity index (χ3v) is 3.39. The van der Waals surface area contributed by atoms with E-state index in [2.05, 4.69) is 6.92 Å². The van der Waals surface area contributed by atoms with Crippen molar-refractivity contribution in [2.75, 3.05) is 7.11 Å². The third-order valence-electron chi connectivity index (χ3n) is 3.10. The number of aryl methyl sites for hydroxylation is 2. The van der Waals surface area contributed by atoms with Crippen LogP contribution in [-0.2, 0) is 6.42 Å². The first-order chi connectivity index (χ1) is 8.33. The van der Waals surface area contributed by atoms with E-state index in [1.54, 1.807) is 7.11 Å². The molecule has 0 amide bonds. The van der Waals surface area contributed by atoms with Gasteiger partial charge in [0.2, 0.25) is 0 Å². The van der Waals surface area contributed by atoms with E-state index in [9.17, 15) is 5.11 Å². The molecule has 2 nitrogen and oxygen atoms in total. The molecule has 102 valence electrons. The molecule has 0 radical (unpaired) electrons. The van der Waals surface area contributed by atoms with Gasteiger partial charge in [-0.05, 0) is 63.3 Å². The average molecular weight is 271 g/mol. The maximum atomic E-state index is 9.64. The standard InChI is InChI=1S/C15H23ClO2/c1-11-9-14(18-4)13(16)10-12(11)7-5-6-8-15(2,3)17/h9-10,17H,5-8H2,1-4H3. The minimum Gasteiger partial charge on any atom is -0.495 e. The number of methoxy groups -OCH3 is 1. The van der Waals surface area contributed by atoms with Crippen LogP contribution in [0.3, 0.4) is 0 Å². The van der Waals surface area contributed by atoms with E-state index in [0.717, 1.165) is 31.4 Å². The highest BCUT2D eigenvalue weighted by molar-refractivity contribution is 6.32. The van der Waals surface area contributed by atoms with Crippen LogP contribution in [0.25, 0.3) is 0 Å². The molecule has 0 heterocycles. The lowest BCUT2D eigenvalue weighted by molar-refractivity contribution is 0.0682. The summed E-state index contributed by atoms with van der Waals surface area (Å²) in [5.74, 6) is 0.731. The van der Waals surface area contributed by atoms with Gasteiger partial charge in [0.25, 0.3) is 0 Å². The molecule has 3 heteroatoms. The summed E-state index contributed by atoms with van der Waals surface area (Å²) < 4.78 is 5.19. The first kappa shape index (κ1) is 15.3. The molecule has 0 saturated heterocycles. The highest BCUT2D eigenvalue weighted by atomic mass is 35.5. The van der Waals surface area contributed by atoms with Gasteiger partial charge in [0.05, 0.1) is 17.7 Å². The highest BCUT2D eigenvalue weighted by Crippen LogP contribution is 2.28. The van der Waals surface area contributed by atoms with E-state index in [4.69, 9.17) is 16.3 Å². The van der Waals surface area contributed by atoms with Crippen LogP contribution in [0.1, 0.15) is 44.2 Å². The van der Waals surface area contributed by atoms with E-state index < -0.39 is 5.60 Å². The van der Waals surface area contributed by atoms with Crippen molar-refractivity contribution < 1.29 is 9.84 Å². The zero-order valence-corrected chi connectivity index (χ0v) is 12.5. The zero-order valence-electron chi connectivity index (χ0n) is 11.7. The number of ether oxygens (including phenoxy) is 1. The van der Waals surface area contributed by atoms with Crippen molar-refractivity contribution in [2.45, 2.75) is 52.1 Å². The van der Waals surface area contributed by atoms with E-state index in [1.807, 2.05) is 26.0 Å². The van der Waals surface area contributed by atoms with Crippen LogP contribution in [0.5, 0.6) is 5.75 Å². The van der Waals surface area contributed by atoms with Crippen LogP contribution in [0.2, 0.25) is 5.02 Å². The van der Waals surface area contributed by atoms with Gasteiger partial charge in [0.1, 0.15) is 5.75 Å². The van der Waals surface area contributed by atoms with Gasteiger partial charge in [-0.1, -0.05) is 18.0 Å². The summed E-state index contributed by atoms with van der Waals surface area (Å²) in [4.78, 5) is 0. The number of halogens is 1. The second-order valence-corrected chi connectivity index (χ2v) is 5.84. The minimum atomic E-state index is -0.563. The number of hydrogen-bond acceptors (Lipinski definition) is 2. The van der Waals surface area contributed by atoms with Gasteiger partial charge in [0.15, 0.2) is 0 Å². The van der Waals surface area contributed by atoms with E-state index >= 15 is 0 Å². The first-order valence-electron chi connectivity index (χ1n) is 6.39. The molecule has 0 unspecified atom stereocenters. The van der Waals surface area contributed by atoms with Crippen LogP contribution in [0, 0.1) is 6.92 Å². The Labute approximate surface area is 115 Å². The minimum absolute atomic E-state index is 0.563. The zero-order chi connectivity index (χ0) is 13.8. The lowest BCUT2D eigenvalue weighted by atomic mass is 9.97. The van der Waals surface area contributed by atoms with E-state index in [0.29, 0.717) is 5.02 Å². The molecule has 0 aromatic heterocycles. The summed E-state index contributed by atoms with van der Waals surface area (Å²) in [7, 11) is 1.63. The summed E-state index contributed by atoms with van der Waals surface area (Å²) in [6, 6.07) is 3.97. The predicted molar refractivity (Wildman–Crippen MR) is 76.6 cm³/mol. The molecular formula is C15H23ClO2.